The number of para-hydroxylation sites is 1. The van der Waals surface area contributed by atoms with E-state index >= 15 is 0 Å². The number of aliphatic hydroxyl groups is 1. The number of aliphatic hydroxyl groups excluding tert-OH is 1. The van der Waals surface area contributed by atoms with Gasteiger partial charge in [-0.3, -0.25) is 10.1 Å². The quantitative estimate of drug-likeness (QED) is 0.649. The number of hydrogen-bond acceptors (Lipinski definition) is 4. The van der Waals surface area contributed by atoms with Crippen LogP contribution in [0.2, 0.25) is 10.0 Å². The van der Waals surface area contributed by atoms with Gasteiger partial charge in [-0.05, 0) is 13.0 Å². The summed E-state index contributed by atoms with van der Waals surface area (Å²) in [5.41, 5.74) is 0.211. The molecule has 0 bridgehead atoms. The highest BCUT2D eigenvalue weighted by Gasteiger charge is 2.20. The monoisotopic (exact) mass is 327 g/mol. The summed E-state index contributed by atoms with van der Waals surface area (Å²) in [6, 6.07) is 9.12. The van der Waals surface area contributed by atoms with E-state index in [0.717, 1.165) is 6.07 Å². The maximum absolute atomic E-state index is 11.1. The van der Waals surface area contributed by atoms with Gasteiger partial charge in [0.15, 0.2) is 0 Å². The predicted octanol–water partition coefficient (Wildman–Crippen LogP) is 4.75. The lowest BCUT2D eigenvalue weighted by atomic mass is 10.1. The van der Waals surface area contributed by atoms with E-state index in [-0.39, 0.29) is 21.5 Å². The molecule has 1 N–H and O–H groups in total. The van der Waals surface area contributed by atoms with Gasteiger partial charge in [-0.15, -0.1) is 0 Å². The van der Waals surface area contributed by atoms with E-state index in [0.29, 0.717) is 11.3 Å². The van der Waals surface area contributed by atoms with Gasteiger partial charge in [-0.2, -0.15) is 0 Å². The topological polar surface area (TPSA) is 72.6 Å². The second kappa shape index (κ2) is 6.30. The van der Waals surface area contributed by atoms with E-state index in [2.05, 4.69) is 0 Å². The molecule has 0 aliphatic rings. The van der Waals surface area contributed by atoms with E-state index in [4.69, 9.17) is 27.9 Å². The summed E-state index contributed by atoms with van der Waals surface area (Å²) in [5, 5.41) is 21.0. The Bertz CT molecular complexity index is 689. The standard InChI is InChI=1S/C14H11Cl2NO4/c1-8(18)9-4-2-3-5-13(9)21-14-7-11(16)10(15)6-12(14)17(19)20/h2-8,18H,1H3/t8-/m0/s1. The molecule has 5 nitrogen and oxygen atoms in total. The van der Waals surface area contributed by atoms with Crippen LogP contribution in [0.3, 0.4) is 0 Å². The summed E-state index contributed by atoms with van der Waals surface area (Å²) < 4.78 is 5.55. The summed E-state index contributed by atoms with van der Waals surface area (Å²) in [7, 11) is 0. The van der Waals surface area contributed by atoms with Crippen LogP contribution in [-0.4, -0.2) is 10.0 Å². The van der Waals surface area contributed by atoms with Crippen molar-refractivity contribution < 1.29 is 14.8 Å². The molecule has 2 aromatic rings. The van der Waals surface area contributed by atoms with Crippen molar-refractivity contribution in [1.82, 2.24) is 0 Å². The Kier molecular flexibility index (Phi) is 4.67. The molecule has 21 heavy (non-hydrogen) atoms. The zero-order valence-electron chi connectivity index (χ0n) is 10.9. The van der Waals surface area contributed by atoms with Gasteiger partial charge >= 0.3 is 5.69 Å². The molecule has 0 aliphatic heterocycles. The fourth-order valence-corrected chi connectivity index (χ4v) is 2.09. The smallest absolute Gasteiger partial charge is 0.313 e. The molecular weight excluding hydrogens is 317 g/mol. The van der Waals surface area contributed by atoms with Crippen molar-refractivity contribution >= 4 is 28.9 Å². The second-order valence-corrected chi connectivity index (χ2v) is 5.12. The number of rotatable bonds is 4. The molecule has 1 atom stereocenters. The fraction of sp³-hybridized carbons (Fsp3) is 0.143. The van der Waals surface area contributed by atoms with Crippen molar-refractivity contribution in [1.29, 1.82) is 0 Å². The minimum absolute atomic E-state index is 0.0394. The van der Waals surface area contributed by atoms with Crippen molar-refractivity contribution in [2.24, 2.45) is 0 Å². The molecule has 2 rings (SSSR count). The van der Waals surface area contributed by atoms with Crippen LogP contribution in [0, 0.1) is 10.1 Å². The lowest BCUT2D eigenvalue weighted by Crippen LogP contribution is -1.98. The molecule has 0 heterocycles. The summed E-state index contributed by atoms with van der Waals surface area (Å²) in [6.07, 6.45) is -0.775. The van der Waals surface area contributed by atoms with Crippen molar-refractivity contribution in [2.75, 3.05) is 0 Å². The highest BCUT2D eigenvalue weighted by molar-refractivity contribution is 6.42. The average molecular weight is 328 g/mol. The van der Waals surface area contributed by atoms with Crippen LogP contribution in [0.15, 0.2) is 36.4 Å². The summed E-state index contributed by atoms with van der Waals surface area (Å²) in [5.74, 6) is 0.275. The van der Waals surface area contributed by atoms with Crippen LogP contribution < -0.4 is 4.74 Å². The van der Waals surface area contributed by atoms with Crippen LogP contribution >= 0.6 is 23.2 Å². The lowest BCUT2D eigenvalue weighted by molar-refractivity contribution is -0.385. The van der Waals surface area contributed by atoms with Crippen molar-refractivity contribution in [3.63, 3.8) is 0 Å². The zero-order chi connectivity index (χ0) is 15.6. The molecule has 110 valence electrons. The van der Waals surface area contributed by atoms with E-state index in [1.165, 1.54) is 6.07 Å². The Morgan fingerprint density at radius 1 is 1.19 bits per heavy atom. The van der Waals surface area contributed by atoms with Crippen LogP contribution in [0.5, 0.6) is 11.5 Å². The minimum Gasteiger partial charge on any atom is -0.450 e. The summed E-state index contributed by atoms with van der Waals surface area (Å²) >= 11 is 11.7. The first-order valence-corrected chi connectivity index (χ1v) is 6.74. The third kappa shape index (κ3) is 3.44. The number of ether oxygens (including phenoxy) is 1. The fourth-order valence-electron chi connectivity index (χ4n) is 1.78. The first-order valence-electron chi connectivity index (χ1n) is 5.98. The van der Waals surface area contributed by atoms with Gasteiger partial charge in [0.2, 0.25) is 5.75 Å². The van der Waals surface area contributed by atoms with Gasteiger partial charge < -0.3 is 9.84 Å². The number of halogens is 2. The number of nitrogens with zero attached hydrogens (tertiary/aromatic N) is 1. The van der Waals surface area contributed by atoms with Crippen LogP contribution in [0.4, 0.5) is 5.69 Å². The number of nitro groups is 1. The molecule has 0 radical (unpaired) electrons. The van der Waals surface area contributed by atoms with Gasteiger partial charge in [0.1, 0.15) is 5.75 Å². The van der Waals surface area contributed by atoms with E-state index < -0.39 is 11.0 Å². The maximum atomic E-state index is 11.1. The molecule has 0 saturated heterocycles. The third-order valence-corrected chi connectivity index (χ3v) is 3.51. The zero-order valence-corrected chi connectivity index (χ0v) is 12.4. The molecule has 0 amide bonds. The Labute approximate surface area is 130 Å². The largest absolute Gasteiger partial charge is 0.450 e. The summed E-state index contributed by atoms with van der Waals surface area (Å²) in [4.78, 5) is 10.5. The Balaban J connectivity index is 2.49. The SMILES string of the molecule is C[C@H](O)c1ccccc1Oc1cc(Cl)c(Cl)cc1[N+](=O)[O-]. The van der Waals surface area contributed by atoms with Gasteiger partial charge in [0, 0.05) is 17.7 Å². The molecule has 0 aromatic heterocycles. The molecule has 0 fully saturated rings. The van der Waals surface area contributed by atoms with Crippen molar-refractivity contribution in [3.05, 3.63) is 62.1 Å². The normalized spacial score (nSPS) is 12.0. The van der Waals surface area contributed by atoms with E-state index in [1.807, 2.05) is 0 Å². The third-order valence-electron chi connectivity index (χ3n) is 2.79. The first-order chi connectivity index (χ1) is 9.90. The van der Waals surface area contributed by atoms with Crippen molar-refractivity contribution in [3.8, 4) is 11.5 Å². The predicted molar refractivity (Wildman–Crippen MR) is 80.3 cm³/mol. The number of benzene rings is 2. The van der Waals surface area contributed by atoms with Crippen LogP contribution in [0.1, 0.15) is 18.6 Å². The molecule has 7 heteroatoms. The van der Waals surface area contributed by atoms with Crippen LogP contribution in [-0.2, 0) is 0 Å². The van der Waals surface area contributed by atoms with E-state index in [1.54, 1.807) is 31.2 Å². The Morgan fingerprint density at radius 3 is 2.43 bits per heavy atom. The lowest BCUT2D eigenvalue weighted by Gasteiger charge is -2.13. The highest BCUT2D eigenvalue weighted by Crippen LogP contribution is 2.39. The summed E-state index contributed by atoms with van der Waals surface area (Å²) in [6.45, 7) is 1.57. The molecule has 0 saturated carbocycles. The Morgan fingerprint density at radius 2 is 1.81 bits per heavy atom. The molecule has 0 spiro atoms. The number of nitro benzene ring substituents is 1. The minimum atomic E-state index is -0.775. The molecule has 0 unspecified atom stereocenters. The second-order valence-electron chi connectivity index (χ2n) is 4.31. The van der Waals surface area contributed by atoms with Crippen LogP contribution in [0.25, 0.3) is 0 Å². The molecule has 0 aliphatic carbocycles. The van der Waals surface area contributed by atoms with Gasteiger partial charge in [0.25, 0.3) is 0 Å². The maximum Gasteiger partial charge on any atom is 0.313 e. The number of hydrogen-bond donors (Lipinski definition) is 1. The molecular formula is C14H11Cl2NO4. The highest BCUT2D eigenvalue weighted by atomic mass is 35.5. The van der Waals surface area contributed by atoms with Gasteiger partial charge in [-0.25, -0.2) is 0 Å². The van der Waals surface area contributed by atoms with Gasteiger partial charge in [0.05, 0.1) is 21.1 Å². The first kappa shape index (κ1) is 15.6. The van der Waals surface area contributed by atoms with Crippen molar-refractivity contribution in [2.45, 2.75) is 13.0 Å². The van der Waals surface area contributed by atoms with E-state index in [9.17, 15) is 15.2 Å². The molecule has 2 aromatic carbocycles. The Hall–Kier alpha value is -1.82. The average Bonchev–Trinajstić information content (AvgIpc) is 2.42. The van der Waals surface area contributed by atoms with Gasteiger partial charge in [-0.1, -0.05) is 41.4 Å².